The van der Waals surface area contributed by atoms with E-state index in [2.05, 4.69) is 10.1 Å². The molecular formula is C15H16F4N2O4. The van der Waals surface area contributed by atoms with Gasteiger partial charge in [0.2, 0.25) is 5.91 Å². The molecule has 138 valence electrons. The summed E-state index contributed by atoms with van der Waals surface area (Å²) in [5.41, 5.74) is -0.317. The van der Waals surface area contributed by atoms with Crippen LogP contribution in [0.3, 0.4) is 0 Å². The number of likely N-dealkylation sites (N-methyl/N-ethyl adjacent to an activating group) is 1. The highest BCUT2D eigenvalue weighted by Gasteiger charge is 2.44. The van der Waals surface area contributed by atoms with Crippen molar-refractivity contribution in [1.29, 1.82) is 0 Å². The van der Waals surface area contributed by atoms with Gasteiger partial charge < -0.3 is 19.7 Å². The van der Waals surface area contributed by atoms with Crippen LogP contribution in [0, 0.1) is 0 Å². The van der Waals surface area contributed by atoms with Crippen molar-refractivity contribution in [2.45, 2.75) is 18.6 Å². The summed E-state index contributed by atoms with van der Waals surface area (Å²) in [4.78, 5) is 24.9. The lowest BCUT2D eigenvalue weighted by molar-refractivity contribution is -0.253. The number of amides is 2. The zero-order valence-electron chi connectivity index (χ0n) is 13.2. The molecule has 0 spiro atoms. The highest BCUT2D eigenvalue weighted by atomic mass is 19.3. The molecule has 0 radical (unpaired) electrons. The van der Waals surface area contributed by atoms with E-state index in [1.54, 1.807) is 7.05 Å². The van der Waals surface area contributed by atoms with Gasteiger partial charge in [-0.3, -0.25) is 9.59 Å². The summed E-state index contributed by atoms with van der Waals surface area (Å²) < 4.78 is 59.9. The number of rotatable bonds is 6. The van der Waals surface area contributed by atoms with E-state index in [0.717, 1.165) is 6.07 Å². The number of morpholine rings is 1. The third-order valence-electron chi connectivity index (χ3n) is 3.47. The third kappa shape index (κ3) is 4.81. The predicted octanol–water partition coefficient (Wildman–Crippen LogP) is 1.51. The van der Waals surface area contributed by atoms with Gasteiger partial charge in [0.05, 0.1) is 11.7 Å². The van der Waals surface area contributed by atoms with Crippen molar-refractivity contribution in [3.05, 3.63) is 29.8 Å². The fourth-order valence-corrected chi connectivity index (χ4v) is 2.12. The van der Waals surface area contributed by atoms with Gasteiger partial charge in [-0.2, -0.15) is 17.6 Å². The molecular weight excluding hydrogens is 348 g/mol. The lowest BCUT2D eigenvalue weighted by Gasteiger charge is -2.30. The molecule has 1 saturated heterocycles. The lowest BCUT2D eigenvalue weighted by atomic mass is 10.2. The highest BCUT2D eigenvalue weighted by molar-refractivity contribution is 5.96. The van der Waals surface area contributed by atoms with Crippen molar-refractivity contribution in [3.8, 4) is 5.75 Å². The second-order valence-electron chi connectivity index (χ2n) is 5.38. The van der Waals surface area contributed by atoms with Crippen LogP contribution in [0.25, 0.3) is 0 Å². The molecule has 10 heteroatoms. The first-order chi connectivity index (χ1) is 11.7. The van der Waals surface area contributed by atoms with E-state index in [9.17, 15) is 27.2 Å². The molecule has 2 amide bonds. The maximum atomic E-state index is 13.1. The summed E-state index contributed by atoms with van der Waals surface area (Å²) in [7, 11) is 1.58. The first kappa shape index (κ1) is 19.0. The SMILES string of the molecule is CN1C[C@H](CNC(=O)c2ccccc2OC(F)(F)C(F)F)OCC1=O. The Morgan fingerprint density at radius 2 is 2.12 bits per heavy atom. The van der Waals surface area contributed by atoms with Crippen molar-refractivity contribution in [2.24, 2.45) is 0 Å². The average Bonchev–Trinajstić information content (AvgIpc) is 2.55. The van der Waals surface area contributed by atoms with Crippen LogP contribution < -0.4 is 10.1 Å². The van der Waals surface area contributed by atoms with Gasteiger partial charge in [0.25, 0.3) is 5.91 Å². The van der Waals surface area contributed by atoms with E-state index in [4.69, 9.17) is 4.74 Å². The first-order valence-electron chi connectivity index (χ1n) is 7.28. The molecule has 0 saturated carbocycles. The molecule has 0 aliphatic carbocycles. The minimum atomic E-state index is -4.72. The van der Waals surface area contributed by atoms with Crippen molar-refractivity contribution in [1.82, 2.24) is 10.2 Å². The van der Waals surface area contributed by atoms with E-state index < -0.39 is 30.3 Å². The van der Waals surface area contributed by atoms with Crippen molar-refractivity contribution < 1.29 is 36.6 Å². The highest BCUT2D eigenvalue weighted by Crippen LogP contribution is 2.29. The Morgan fingerprint density at radius 1 is 1.44 bits per heavy atom. The van der Waals surface area contributed by atoms with Crippen LogP contribution in [-0.2, 0) is 9.53 Å². The summed E-state index contributed by atoms with van der Waals surface area (Å²) in [6.45, 7) is 0.133. The molecule has 0 aromatic heterocycles. The Balaban J connectivity index is 2.01. The molecule has 1 N–H and O–H groups in total. The van der Waals surface area contributed by atoms with Crippen LogP contribution in [0.15, 0.2) is 24.3 Å². The minimum Gasteiger partial charge on any atom is -0.427 e. The molecule has 1 aliphatic heterocycles. The Bertz CT molecular complexity index is 642. The normalized spacial score (nSPS) is 18.4. The molecule has 0 unspecified atom stereocenters. The number of carbonyl (C=O) groups is 2. The fraction of sp³-hybridized carbons (Fsp3) is 0.467. The molecule has 1 fully saturated rings. The Morgan fingerprint density at radius 3 is 2.76 bits per heavy atom. The molecule has 1 aromatic carbocycles. The van der Waals surface area contributed by atoms with Gasteiger partial charge in [0.1, 0.15) is 12.4 Å². The standard InChI is InChI=1S/C15H16F4N2O4/c1-21-7-9(24-8-12(21)22)6-20-13(23)10-4-2-3-5-11(10)25-15(18,19)14(16)17/h2-5,9,14H,6-8H2,1H3,(H,20,23)/t9-/m0/s1. The number of alkyl halides is 4. The van der Waals surface area contributed by atoms with E-state index in [1.165, 1.54) is 23.1 Å². The van der Waals surface area contributed by atoms with Crippen molar-refractivity contribution in [3.63, 3.8) is 0 Å². The molecule has 0 bridgehead atoms. The number of hydrogen-bond donors (Lipinski definition) is 1. The molecule has 1 aromatic rings. The van der Waals surface area contributed by atoms with Gasteiger partial charge in [-0.15, -0.1) is 0 Å². The van der Waals surface area contributed by atoms with E-state index in [0.29, 0.717) is 0 Å². The summed E-state index contributed by atoms with van der Waals surface area (Å²) >= 11 is 0. The molecule has 1 aliphatic rings. The van der Waals surface area contributed by atoms with Gasteiger partial charge in [-0.1, -0.05) is 12.1 Å². The maximum Gasteiger partial charge on any atom is 0.461 e. The smallest absolute Gasteiger partial charge is 0.427 e. The molecule has 1 heterocycles. The predicted molar refractivity (Wildman–Crippen MR) is 77.7 cm³/mol. The van der Waals surface area contributed by atoms with Gasteiger partial charge in [-0.05, 0) is 12.1 Å². The summed E-state index contributed by atoms with van der Waals surface area (Å²) in [6, 6.07) is 4.82. The van der Waals surface area contributed by atoms with Crippen LogP contribution in [0.5, 0.6) is 5.75 Å². The second-order valence-corrected chi connectivity index (χ2v) is 5.38. The largest absolute Gasteiger partial charge is 0.461 e. The number of nitrogens with zero attached hydrogens (tertiary/aromatic N) is 1. The molecule has 1 atom stereocenters. The summed E-state index contributed by atoms with van der Waals surface area (Å²) in [5, 5.41) is 2.45. The lowest BCUT2D eigenvalue weighted by Crippen LogP contribution is -2.48. The number of ether oxygens (including phenoxy) is 2. The third-order valence-corrected chi connectivity index (χ3v) is 3.47. The second kappa shape index (κ2) is 7.68. The van der Waals surface area contributed by atoms with Gasteiger partial charge >= 0.3 is 12.5 Å². The Kier molecular flexibility index (Phi) is 5.83. The molecule has 6 nitrogen and oxygen atoms in total. The summed E-state index contributed by atoms with van der Waals surface area (Å²) in [6.07, 6.45) is -9.22. The minimum absolute atomic E-state index is 0.00995. The van der Waals surface area contributed by atoms with Crippen LogP contribution in [-0.4, -0.2) is 62.1 Å². The zero-order chi connectivity index (χ0) is 18.6. The Labute approximate surface area is 140 Å². The number of hydrogen-bond acceptors (Lipinski definition) is 4. The van der Waals surface area contributed by atoms with Crippen LogP contribution in [0.1, 0.15) is 10.4 Å². The zero-order valence-corrected chi connectivity index (χ0v) is 13.2. The van der Waals surface area contributed by atoms with Crippen LogP contribution in [0.2, 0.25) is 0 Å². The number of carbonyl (C=O) groups excluding carboxylic acids is 2. The summed E-state index contributed by atoms with van der Waals surface area (Å²) in [5.74, 6) is -1.65. The van der Waals surface area contributed by atoms with Gasteiger partial charge in [-0.25, -0.2) is 0 Å². The molecule has 2 rings (SSSR count). The van der Waals surface area contributed by atoms with Gasteiger partial charge in [0, 0.05) is 20.1 Å². The quantitative estimate of drug-likeness (QED) is 0.777. The van der Waals surface area contributed by atoms with Crippen LogP contribution >= 0.6 is 0 Å². The average molecular weight is 364 g/mol. The molecule has 25 heavy (non-hydrogen) atoms. The first-order valence-corrected chi connectivity index (χ1v) is 7.28. The van der Waals surface area contributed by atoms with Crippen molar-refractivity contribution in [2.75, 3.05) is 26.7 Å². The van der Waals surface area contributed by atoms with Crippen LogP contribution in [0.4, 0.5) is 17.6 Å². The topological polar surface area (TPSA) is 67.9 Å². The number of benzene rings is 1. The number of halogens is 4. The fourth-order valence-electron chi connectivity index (χ4n) is 2.12. The van der Waals surface area contributed by atoms with Crippen molar-refractivity contribution >= 4 is 11.8 Å². The Hall–Kier alpha value is -2.36. The number of nitrogens with one attached hydrogen (secondary N) is 1. The van der Waals surface area contributed by atoms with E-state index in [-0.39, 0.29) is 31.2 Å². The monoisotopic (exact) mass is 364 g/mol. The number of para-hydroxylation sites is 1. The maximum absolute atomic E-state index is 13.1. The van der Waals surface area contributed by atoms with E-state index >= 15 is 0 Å². The van der Waals surface area contributed by atoms with E-state index in [1.807, 2.05) is 0 Å². The van der Waals surface area contributed by atoms with Gasteiger partial charge in [0.15, 0.2) is 0 Å².